The molecule has 0 fully saturated rings. The average molecular weight is 420 g/mol. The lowest BCUT2D eigenvalue weighted by Crippen LogP contribution is -2.41. The Labute approximate surface area is 178 Å². The Morgan fingerprint density at radius 3 is 2.74 bits per heavy atom. The second-order valence-electron chi connectivity index (χ2n) is 8.50. The molecule has 0 spiro atoms. The van der Waals surface area contributed by atoms with Gasteiger partial charge in [0.25, 0.3) is 5.91 Å². The van der Waals surface area contributed by atoms with E-state index in [1.165, 1.54) is 0 Å². The summed E-state index contributed by atoms with van der Waals surface area (Å²) in [6.07, 6.45) is 2.29. The van der Waals surface area contributed by atoms with Crippen molar-refractivity contribution in [2.75, 3.05) is 6.54 Å². The van der Waals surface area contributed by atoms with Crippen LogP contribution >= 0.6 is 0 Å². The van der Waals surface area contributed by atoms with Gasteiger partial charge < -0.3 is 23.8 Å². The quantitative estimate of drug-likeness (QED) is 0.522. The van der Waals surface area contributed by atoms with Crippen LogP contribution in [0.4, 0.5) is 0 Å². The molecule has 8 nitrogen and oxygen atoms in total. The largest absolute Gasteiger partial charge is 0.458 e. The number of aryl methyl sites for hydroxylation is 2. The Balaban J connectivity index is 1.63. The van der Waals surface area contributed by atoms with Crippen molar-refractivity contribution in [3.05, 3.63) is 70.6 Å². The van der Waals surface area contributed by atoms with Crippen LogP contribution in [-0.4, -0.2) is 37.4 Å². The number of hydrogen-bond acceptors (Lipinski definition) is 6. The zero-order chi connectivity index (χ0) is 21.9. The van der Waals surface area contributed by atoms with E-state index in [0.717, 1.165) is 27.9 Å². The molecule has 0 bridgehead atoms. The summed E-state index contributed by atoms with van der Waals surface area (Å²) in [7, 11) is 0. The van der Waals surface area contributed by atoms with E-state index >= 15 is 0 Å². The zero-order valence-corrected chi connectivity index (χ0v) is 17.9. The highest BCUT2D eigenvalue weighted by Gasteiger charge is 2.40. The first-order valence-corrected chi connectivity index (χ1v) is 10.3. The molecule has 1 amide bonds. The van der Waals surface area contributed by atoms with Crippen LogP contribution in [0.15, 0.2) is 39.4 Å². The SMILES string of the molecule is Cc1nc(C(C)(C)O)oc1C(=O)N1CCc2[nH]cnc2[C@H]1c1oc2ccccc2c1C. The second-order valence-corrected chi connectivity index (χ2v) is 8.50. The molecule has 2 N–H and O–H groups in total. The van der Waals surface area contributed by atoms with Crippen molar-refractivity contribution >= 4 is 16.9 Å². The van der Waals surface area contributed by atoms with Gasteiger partial charge in [-0.1, -0.05) is 18.2 Å². The molecule has 0 aliphatic carbocycles. The number of hydrogen-bond donors (Lipinski definition) is 2. The maximum atomic E-state index is 13.6. The number of H-pyrrole nitrogens is 1. The van der Waals surface area contributed by atoms with Gasteiger partial charge in [0.15, 0.2) is 0 Å². The molecule has 1 atom stereocenters. The van der Waals surface area contributed by atoms with Crippen LogP contribution in [0.1, 0.15) is 64.7 Å². The number of carbonyl (C=O) groups excluding carboxylic acids is 1. The normalized spacial score (nSPS) is 16.7. The first-order valence-electron chi connectivity index (χ1n) is 10.3. The highest BCUT2D eigenvalue weighted by molar-refractivity contribution is 5.93. The van der Waals surface area contributed by atoms with Gasteiger partial charge in [0.2, 0.25) is 11.7 Å². The minimum absolute atomic E-state index is 0.113. The number of imidazole rings is 1. The predicted octanol–water partition coefficient (Wildman–Crippen LogP) is 3.78. The summed E-state index contributed by atoms with van der Waals surface area (Å²) in [6.45, 7) is 7.31. The van der Waals surface area contributed by atoms with Crippen LogP contribution in [0.25, 0.3) is 11.0 Å². The third kappa shape index (κ3) is 3.06. The van der Waals surface area contributed by atoms with Gasteiger partial charge in [0, 0.05) is 29.6 Å². The molecule has 5 rings (SSSR count). The summed E-state index contributed by atoms with van der Waals surface area (Å²) < 4.78 is 12.0. The fourth-order valence-corrected chi connectivity index (χ4v) is 4.20. The lowest BCUT2D eigenvalue weighted by molar-refractivity contribution is 0.0437. The number of amides is 1. The number of rotatable bonds is 3. The van der Waals surface area contributed by atoms with Crippen molar-refractivity contribution < 1.29 is 18.7 Å². The minimum atomic E-state index is -1.28. The first-order chi connectivity index (χ1) is 14.8. The molecule has 4 heterocycles. The first kappa shape index (κ1) is 19.6. The number of aromatic nitrogens is 3. The third-order valence-corrected chi connectivity index (χ3v) is 5.83. The number of aromatic amines is 1. The van der Waals surface area contributed by atoms with E-state index in [9.17, 15) is 9.90 Å². The van der Waals surface area contributed by atoms with Crippen molar-refractivity contribution in [3.63, 3.8) is 0 Å². The number of benzene rings is 1. The average Bonchev–Trinajstić information content (AvgIpc) is 3.44. The van der Waals surface area contributed by atoms with Gasteiger partial charge in [-0.05, 0) is 33.8 Å². The second kappa shape index (κ2) is 6.81. The Kier molecular flexibility index (Phi) is 4.30. The lowest BCUT2D eigenvalue weighted by atomic mass is 9.97. The van der Waals surface area contributed by atoms with Gasteiger partial charge in [0.1, 0.15) is 23.0 Å². The van der Waals surface area contributed by atoms with Crippen molar-refractivity contribution in [1.82, 2.24) is 19.9 Å². The number of nitrogens with zero attached hydrogens (tertiary/aromatic N) is 3. The van der Waals surface area contributed by atoms with Crippen LogP contribution < -0.4 is 0 Å². The number of para-hydroxylation sites is 1. The molecular formula is C23H24N4O4. The van der Waals surface area contributed by atoms with Crippen molar-refractivity contribution in [1.29, 1.82) is 0 Å². The molecule has 0 saturated carbocycles. The molecule has 0 radical (unpaired) electrons. The summed E-state index contributed by atoms with van der Waals surface area (Å²) in [4.78, 5) is 27.3. The number of carbonyl (C=O) groups is 1. The number of fused-ring (bicyclic) bond motifs is 2. The van der Waals surface area contributed by atoms with Crippen molar-refractivity contribution in [2.24, 2.45) is 0 Å². The van der Waals surface area contributed by atoms with Gasteiger partial charge in [-0.15, -0.1) is 0 Å². The van der Waals surface area contributed by atoms with Crippen molar-refractivity contribution in [2.45, 2.75) is 45.8 Å². The molecule has 1 aromatic carbocycles. The van der Waals surface area contributed by atoms with E-state index in [4.69, 9.17) is 8.83 Å². The van der Waals surface area contributed by atoms with Crippen LogP contribution in [0.3, 0.4) is 0 Å². The van der Waals surface area contributed by atoms with E-state index < -0.39 is 11.6 Å². The van der Waals surface area contributed by atoms with Gasteiger partial charge in [0.05, 0.1) is 17.7 Å². The van der Waals surface area contributed by atoms with Gasteiger partial charge in [-0.25, -0.2) is 9.97 Å². The minimum Gasteiger partial charge on any atom is -0.458 e. The molecule has 4 aromatic rings. The highest BCUT2D eigenvalue weighted by atomic mass is 16.4. The molecule has 160 valence electrons. The number of oxazole rings is 1. The maximum absolute atomic E-state index is 13.6. The zero-order valence-electron chi connectivity index (χ0n) is 17.9. The summed E-state index contributed by atoms with van der Waals surface area (Å²) in [5.41, 5.74) is 2.65. The Morgan fingerprint density at radius 2 is 2.03 bits per heavy atom. The van der Waals surface area contributed by atoms with E-state index in [1.807, 2.05) is 31.2 Å². The predicted molar refractivity (Wildman–Crippen MR) is 113 cm³/mol. The van der Waals surface area contributed by atoms with E-state index in [-0.39, 0.29) is 17.6 Å². The van der Waals surface area contributed by atoms with Gasteiger partial charge >= 0.3 is 0 Å². The third-order valence-electron chi connectivity index (χ3n) is 5.83. The maximum Gasteiger partial charge on any atom is 0.292 e. The van der Waals surface area contributed by atoms with Crippen LogP contribution in [0.5, 0.6) is 0 Å². The smallest absolute Gasteiger partial charge is 0.292 e. The van der Waals surface area contributed by atoms with E-state index in [0.29, 0.717) is 24.4 Å². The molecule has 1 aliphatic rings. The number of aliphatic hydroxyl groups is 1. The molecule has 0 saturated heterocycles. The molecule has 1 aliphatic heterocycles. The molecule has 0 unspecified atom stereocenters. The fraction of sp³-hybridized carbons (Fsp3) is 0.348. The van der Waals surface area contributed by atoms with E-state index in [2.05, 4.69) is 15.0 Å². The van der Waals surface area contributed by atoms with Gasteiger partial charge in [-0.2, -0.15) is 0 Å². The fourth-order valence-electron chi connectivity index (χ4n) is 4.20. The number of nitrogens with one attached hydrogen (secondary N) is 1. The lowest BCUT2D eigenvalue weighted by Gasteiger charge is -2.33. The summed E-state index contributed by atoms with van der Waals surface area (Å²) in [5, 5.41) is 11.3. The monoisotopic (exact) mass is 420 g/mol. The van der Waals surface area contributed by atoms with Crippen LogP contribution in [0.2, 0.25) is 0 Å². The molecule has 8 heteroatoms. The van der Waals surface area contributed by atoms with Crippen LogP contribution in [0, 0.1) is 13.8 Å². The molecule has 31 heavy (non-hydrogen) atoms. The summed E-state index contributed by atoms with van der Waals surface area (Å²) in [5.74, 6) is 0.610. The summed E-state index contributed by atoms with van der Waals surface area (Å²) >= 11 is 0. The van der Waals surface area contributed by atoms with Crippen molar-refractivity contribution in [3.8, 4) is 0 Å². The Morgan fingerprint density at radius 1 is 1.26 bits per heavy atom. The summed E-state index contributed by atoms with van der Waals surface area (Å²) in [6, 6.07) is 7.32. The Bertz CT molecular complexity index is 1290. The van der Waals surface area contributed by atoms with Crippen LogP contribution in [-0.2, 0) is 12.0 Å². The number of furan rings is 1. The highest BCUT2D eigenvalue weighted by Crippen LogP contribution is 2.40. The molecular weight excluding hydrogens is 396 g/mol. The standard InChI is InChI=1S/C23H24N4O4/c1-12-14-7-5-6-8-16(14)30-19(12)18-17-15(24-11-25-17)9-10-27(18)21(28)20-13(2)26-22(31-20)23(3,4)29/h5-8,11,18,29H,9-10H2,1-4H3,(H,24,25)/t18-/m0/s1. The van der Waals surface area contributed by atoms with E-state index in [1.54, 1.807) is 32.0 Å². The Hall–Kier alpha value is -3.39. The molecule has 3 aromatic heterocycles. The topological polar surface area (TPSA) is 108 Å². The van der Waals surface area contributed by atoms with Gasteiger partial charge in [-0.3, -0.25) is 4.79 Å².